The van der Waals surface area contributed by atoms with Crippen molar-refractivity contribution >= 4 is 11.6 Å². The highest BCUT2D eigenvalue weighted by Gasteiger charge is 2.25. The van der Waals surface area contributed by atoms with Crippen LogP contribution in [0.25, 0.3) is 0 Å². The van der Waals surface area contributed by atoms with Crippen molar-refractivity contribution < 1.29 is 9.18 Å². The summed E-state index contributed by atoms with van der Waals surface area (Å²) in [6.07, 6.45) is 2.38. The van der Waals surface area contributed by atoms with E-state index in [2.05, 4.69) is 10.3 Å². The second kappa shape index (κ2) is 5.01. The van der Waals surface area contributed by atoms with Crippen molar-refractivity contribution in [2.75, 3.05) is 11.4 Å². The first-order valence-electron chi connectivity index (χ1n) is 6.35. The second-order valence-electron chi connectivity index (χ2n) is 4.68. The minimum absolute atomic E-state index is 0.0724. The van der Waals surface area contributed by atoms with Crippen molar-refractivity contribution in [2.45, 2.75) is 19.5 Å². The summed E-state index contributed by atoms with van der Waals surface area (Å²) in [5, 5.41) is 7.67. The lowest BCUT2D eigenvalue weighted by Gasteiger charge is -2.17. The number of nitrogens with zero attached hydrogens (tertiary/aromatic N) is 4. The van der Waals surface area contributed by atoms with Crippen molar-refractivity contribution in [1.82, 2.24) is 15.0 Å². The van der Waals surface area contributed by atoms with Crippen LogP contribution in [0.3, 0.4) is 0 Å². The molecule has 2 aromatic rings. The average Bonchev–Trinajstić information content (AvgIpc) is 3.04. The summed E-state index contributed by atoms with van der Waals surface area (Å²) >= 11 is 0. The lowest BCUT2D eigenvalue weighted by atomic mass is 10.2. The molecule has 0 bridgehead atoms. The normalized spacial score (nSPS) is 13.6. The Bertz CT molecular complexity index is 654. The molecule has 1 aromatic heterocycles. The summed E-state index contributed by atoms with van der Waals surface area (Å²) in [5.74, 6) is -0.475. The van der Waals surface area contributed by atoms with Crippen LogP contribution in [-0.4, -0.2) is 27.4 Å². The van der Waals surface area contributed by atoms with Gasteiger partial charge in [0.2, 0.25) is 5.91 Å². The van der Waals surface area contributed by atoms with Gasteiger partial charge >= 0.3 is 0 Å². The van der Waals surface area contributed by atoms with Gasteiger partial charge in [-0.1, -0.05) is 11.3 Å². The maximum Gasteiger partial charge on any atom is 0.248 e. The van der Waals surface area contributed by atoms with Crippen LogP contribution in [-0.2, 0) is 24.3 Å². The Morgan fingerprint density at radius 2 is 2.30 bits per heavy atom. The van der Waals surface area contributed by atoms with E-state index in [4.69, 9.17) is 5.73 Å². The van der Waals surface area contributed by atoms with Gasteiger partial charge in [0.25, 0.3) is 0 Å². The third-order valence-corrected chi connectivity index (χ3v) is 3.34. The molecule has 3 rings (SSSR count). The largest absolute Gasteiger partial charge is 0.325 e. The fourth-order valence-corrected chi connectivity index (χ4v) is 2.34. The monoisotopic (exact) mass is 275 g/mol. The second-order valence-corrected chi connectivity index (χ2v) is 4.68. The number of halogens is 1. The number of amides is 1. The zero-order chi connectivity index (χ0) is 14.1. The van der Waals surface area contributed by atoms with Gasteiger partial charge in [0.1, 0.15) is 12.4 Å². The molecule has 6 nitrogen and oxygen atoms in total. The van der Waals surface area contributed by atoms with Gasteiger partial charge in [-0.15, -0.1) is 5.10 Å². The number of carbonyl (C=O) groups is 1. The topological polar surface area (TPSA) is 77.0 Å². The molecule has 0 radical (unpaired) electrons. The van der Waals surface area contributed by atoms with E-state index in [9.17, 15) is 9.18 Å². The standard InChI is InChI=1S/C13H14FN5O/c14-10-2-1-9-3-4-19(12(9)5-10)13(20)8-18-7-11(6-15)16-17-18/h1-2,5,7H,3-4,6,8,15H2. The molecule has 2 heterocycles. The summed E-state index contributed by atoms with van der Waals surface area (Å²) in [4.78, 5) is 13.9. The summed E-state index contributed by atoms with van der Waals surface area (Å²) < 4.78 is 14.7. The zero-order valence-electron chi connectivity index (χ0n) is 10.8. The van der Waals surface area contributed by atoms with Crippen molar-refractivity contribution in [1.29, 1.82) is 0 Å². The summed E-state index contributed by atoms with van der Waals surface area (Å²) in [6.45, 7) is 0.922. The molecule has 2 N–H and O–H groups in total. The number of aromatic nitrogens is 3. The maximum absolute atomic E-state index is 13.3. The molecule has 0 atom stereocenters. The molecule has 0 saturated carbocycles. The molecule has 0 unspecified atom stereocenters. The Morgan fingerprint density at radius 1 is 1.45 bits per heavy atom. The molecule has 20 heavy (non-hydrogen) atoms. The Kier molecular flexibility index (Phi) is 3.19. The van der Waals surface area contributed by atoms with E-state index in [0.29, 0.717) is 17.9 Å². The van der Waals surface area contributed by atoms with Crippen LogP contribution in [0.5, 0.6) is 0 Å². The lowest BCUT2D eigenvalue weighted by molar-refractivity contribution is -0.119. The van der Waals surface area contributed by atoms with Crippen LogP contribution in [0.15, 0.2) is 24.4 Å². The predicted molar refractivity (Wildman–Crippen MR) is 70.4 cm³/mol. The van der Waals surface area contributed by atoms with Gasteiger partial charge in [0.15, 0.2) is 0 Å². The fraction of sp³-hybridized carbons (Fsp3) is 0.308. The molecular weight excluding hydrogens is 261 g/mol. The van der Waals surface area contributed by atoms with Gasteiger partial charge in [0, 0.05) is 18.8 Å². The number of carbonyl (C=O) groups excluding carboxylic acids is 1. The number of benzene rings is 1. The SMILES string of the molecule is NCc1cn(CC(=O)N2CCc3ccc(F)cc32)nn1. The van der Waals surface area contributed by atoms with Crippen LogP contribution < -0.4 is 10.6 Å². The average molecular weight is 275 g/mol. The van der Waals surface area contributed by atoms with E-state index in [1.54, 1.807) is 17.2 Å². The number of nitrogens with two attached hydrogens (primary N) is 1. The highest BCUT2D eigenvalue weighted by atomic mass is 19.1. The summed E-state index contributed by atoms with van der Waals surface area (Å²) in [7, 11) is 0. The molecule has 0 saturated heterocycles. The lowest BCUT2D eigenvalue weighted by Crippen LogP contribution is -2.32. The molecule has 0 spiro atoms. The zero-order valence-corrected chi connectivity index (χ0v) is 10.8. The van der Waals surface area contributed by atoms with Gasteiger partial charge in [-0.05, 0) is 24.1 Å². The van der Waals surface area contributed by atoms with Gasteiger partial charge in [0.05, 0.1) is 11.9 Å². The number of rotatable bonds is 3. The first-order valence-corrected chi connectivity index (χ1v) is 6.35. The van der Waals surface area contributed by atoms with E-state index in [1.165, 1.54) is 16.8 Å². The van der Waals surface area contributed by atoms with Gasteiger partial charge in [-0.2, -0.15) is 0 Å². The molecule has 1 amide bonds. The van der Waals surface area contributed by atoms with Crippen LogP contribution in [0.4, 0.5) is 10.1 Å². The van der Waals surface area contributed by atoms with Crippen LogP contribution >= 0.6 is 0 Å². The van der Waals surface area contributed by atoms with Crippen molar-refractivity contribution in [3.8, 4) is 0 Å². The van der Waals surface area contributed by atoms with E-state index in [1.807, 2.05) is 0 Å². The molecule has 104 valence electrons. The van der Waals surface area contributed by atoms with E-state index >= 15 is 0 Å². The Labute approximate surface area is 115 Å². The molecule has 7 heteroatoms. The van der Waals surface area contributed by atoms with E-state index in [-0.39, 0.29) is 24.8 Å². The first kappa shape index (κ1) is 12.7. The maximum atomic E-state index is 13.3. The Balaban J connectivity index is 1.78. The van der Waals surface area contributed by atoms with Crippen molar-refractivity contribution in [3.05, 3.63) is 41.5 Å². The van der Waals surface area contributed by atoms with E-state index < -0.39 is 0 Å². The quantitative estimate of drug-likeness (QED) is 0.883. The Hall–Kier alpha value is -2.28. The molecule has 1 aromatic carbocycles. The third kappa shape index (κ3) is 2.27. The van der Waals surface area contributed by atoms with Crippen LogP contribution in [0.1, 0.15) is 11.3 Å². The van der Waals surface area contributed by atoms with Crippen LogP contribution in [0, 0.1) is 5.82 Å². The van der Waals surface area contributed by atoms with Gasteiger partial charge in [-0.25, -0.2) is 9.07 Å². The summed E-state index contributed by atoms with van der Waals surface area (Å²) in [6, 6.07) is 4.53. The number of fused-ring (bicyclic) bond motifs is 1. The van der Waals surface area contributed by atoms with Crippen molar-refractivity contribution in [2.24, 2.45) is 5.73 Å². The number of hydrogen-bond acceptors (Lipinski definition) is 4. The fourth-order valence-electron chi connectivity index (χ4n) is 2.34. The van der Waals surface area contributed by atoms with Gasteiger partial charge < -0.3 is 10.6 Å². The van der Waals surface area contributed by atoms with Gasteiger partial charge in [-0.3, -0.25) is 4.79 Å². The van der Waals surface area contributed by atoms with Crippen LogP contribution in [0.2, 0.25) is 0 Å². The molecule has 0 aliphatic carbocycles. The molecule has 1 aliphatic heterocycles. The first-order chi connectivity index (χ1) is 9.67. The number of anilines is 1. The summed E-state index contributed by atoms with van der Waals surface area (Å²) in [5.41, 5.74) is 7.71. The van der Waals surface area contributed by atoms with Crippen molar-refractivity contribution in [3.63, 3.8) is 0 Å². The molecular formula is C13H14FN5O. The minimum Gasteiger partial charge on any atom is -0.325 e. The molecule has 1 aliphatic rings. The minimum atomic E-state index is -0.338. The smallest absolute Gasteiger partial charge is 0.248 e. The highest BCUT2D eigenvalue weighted by molar-refractivity contribution is 5.95. The number of hydrogen-bond donors (Lipinski definition) is 1. The third-order valence-electron chi connectivity index (χ3n) is 3.34. The predicted octanol–water partition coefficient (Wildman–Crippen LogP) is 0.465. The highest BCUT2D eigenvalue weighted by Crippen LogP contribution is 2.28. The van der Waals surface area contributed by atoms with E-state index in [0.717, 1.165) is 12.0 Å². The molecule has 0 fully saturated rings. The Morgan fingerprint density at radius 3 is 3.05 bits per heavy atom.